The number of quaternary nitrogens is 1. The van der Waals surface area contributed by atoms with Crippen molar-refractivity contribution in [3.8, 4) is 0 Å². The van der Waals surface area contributed by atoms with Crippen LogP contribution in [0.15, 0.2) is 0 Å². The number of hydrogen-bond acceptors (Lipinski definition) is 1. The molecule has 0 aliphatic carbocycles. The minimum atomic E-state index is 0.00983. The number of nitrogens with zero attached hydrogens (tertiary/aromatic N) is 1. The Hall–Kier alpha value is -0.0800. The van der Waals surface area contributed by atoms with E-state index >= 15 is 0 Å². The summed E-state index contributed by atoms with van der Waals surface area (Å²) in [6.07, 6.45) is 16.8. The van der Waals surface area contributed by atoms with Crippen LogP contribution in [0.4, 0.5) is 0 Å². The van der Waals surface area contributed by atoms with Crippen LogP contribution in [0, 0.1) is 5.92 Å². The lowest BCUT2D eigenvalue weighted by Crippen LogP contribution is -2.63. The molecule has 0 spiro atoms. The van der Waals surface area contributed by atoms with Crippen molar-refractivity contribution in [2.24, 2.45) is 5.92 Å². The van der Waals surface area contributed by atoms with Gasteiger partial charge in [0.05, 0.1) is 19.6 Å². The van der Waals surface area contributed by atoms with E-state index in [1.165, 1.54) is 101 Å². The van der Waals surface area contributed by atoms with Crippen molar-refractivity contribution in [3.05, 3.63) is 0 Å². The molecule has 3 fully saturated rings. The molecule has 0 aromatic heterocycles. The summed E-state index contributed by atoms with van der Waals surface area (Å²) in [5, 5.41) is 10.1. The van der Waals surface area contributed by atoms with Crippen LogP contribution in [0.2, 0.25) is 0 Å². The van der Waals surface area contributed by atoms with Crippen molar-refractivity contribution >= 4 is 0 Å². The fourth-order valence-corrected chi connectivity index (χ4v) is 4.50. The number of aliphatic hydroxyl groups is 1. The molecule has 3 aliphatic rings. The molecule has 21 heavy (non-hydrogen) atoms. The lowest BCUT2D eigenvalue weighted by Gasteiger charge is -2.51. The van der Waals surface area contributed by atoms with Crippen LogP contribution in [-0.4, -0.2) is 41.9 Å². The molecule has 0 aromatic carbocycles. The van der Waals surface area contributed by atoms with Crippen molar-refractivity contribution in [3.63, 3.8) is 0 Å². The zero-order valence-corrected chi connectivity index (χ0v) is 14.4. The second-order valence-electron chi connectivity index (χ2n) is 7.78. The molecule has 3 saturated heterocycles. The minimum Gasteiger partial charge on any atom is -0.387 e. The average molecular weight is 297 g/mol. The van der Waals surface area contributed by atoms with Gasteiger partial charge in [-0.2, -0.15) is 0 Å². The zero-order valence-electron chi connectivity index (χ0n) is 14.4. The highest BCUT2D eigenvalue weighted by Crippen LogP contribution is 2.34. The van der Waals surface area contributed by atoms with Crippen molar-refractivity contribution in [2.45, 2.75) is 90.1 Å². The van der Waals surface area contributed by atoms with E-state index < -0.39 is 0 Å². The van der Waals surface area contributed by atoms with E-state index in [1.54, 1.807) is 0 Å². The molecule has 0 aromatic rings. The Morgan fingerprint density at radius 3 is 1.86 bits per heavy atom. The predicted octanol–water partition coefficient (Wildman–Crippen LogP) is 4.51. The molecule has 124 valence electrons. The summed E-state index contributed by atoms with van der Waals surface area (Å²) >= 11 is 0. The standard InChI is InChI=1S/C19H38NO/c1-2-3-4-5-6-7-8-9-10-11-14-20-15-12-18(13-16-20)19(21)17-20/h18-19,21H,2-17H2,1H3/q+1. The third kappa shape index (κ3) is 5.56. The molecule has 3 rings (SSSR count). The van der Waals surface area contributed by atoms with Crippen LogP contribution in [0.5, 0.6) is 0 Å². The molecule has 1 unspecified atom stereocenters. The van der Waals surface area contributed by atoms with Gasteiger partial charge in [0.15, 0.2) is 0 Å². The Balaban J connectivity index is 1.45. The topological polar surface area (TPSA) is 20.2 Å². The van der Waals surface area contributed by atoms with Gasteiger partial charge in [-0.25, -0.2) is 0 Å². The maximum atomic E-state index is 10.1. The molecular formula is C19H38NO+. The van der Waals surface area contributed by atoms with Crippen LogP contribution >= 0.6 is 0 Å². The first kappa shape index (κ1) is 17.3. The summed E-state index contributed by atoms with van der Waals surface area (Å²) in [7, 11) is 0. The van der Waals surface area contributed by atoms with Gasteiger partial charge in [0, 0.05) is 18.8 Å². The van der Waals surface area contributed by atoms with Crippen molar-refractivity contribution in [1.82, 2.24) is 0 Å². The van der Waals surface area contributed by atoms with Crippen LogP contribution in [0.3, 0.4) is 0 Å². The fraction of sp³-hybridized carbons (Fsp3) is 1.00. The largest absolute Gasteiger partial charge is 0.387 e. The van der Waals surface area contributed by atoms with E-state index in [1.807, 2.05) is 0 Å². The zero-order chi connectivity index (χ0) is 15.0. The molecule has 0 radical (unpaired) electrons. The smallest absolute Gasteiger partial charge is 0.106 e. The van der Waals surface area contributed by atoms with Gasteiger partial charge in [0.25, 0.3) is 0 Å². The van der Waals surface area contributed by atoms with Gasteiger partial charge in [-0.15, -0.1) is 0 Å². The second kappa shape index (κ2) is 9.15. The van der Waals surface area contributed by atoms with Gasteiger partial charge in [-0.1, -0.05) is 58.3 Å². The van der Waals surface area contributed by atoms with E-state index in [0.29, 0.717) is 5.92 Å². The summed E-state index contributed by atoms with van der Waals surface area (Å²) in [6, 6.07) is 0. The molecule has 0 saturated carbocycles. The van der Waals surface area contributed by atoms with Crippen molar-refractivity contribution in [2.75, 3.05) is 26.2 Å². The van der Waals surface area contributed by atoms with Gasteiger partial charge in [0.2, 0.25) is 0 Å². The van der Waals surface area contributed by atoms with E-state index in [-0.39, 0.29) is 6.10 Å². The quantitative estimate of drug-likeness (QED) is 0.439. The van der Waals surface area contributed by atoms with E-state index in [2.05, 4.69) is 6.92 Å². The monoisotopic (exact) mass is 296 g/mol. The lowest BCUT2D eigenvalue weighted by atomic mass is 9.83. The highest BCUT2D eigenvalue weighted by molar-refractivity contribution is 4.79. The molecule has 2 heteroatoms. The first-order valence-electron chi connectivity index (χ1n) is 9.79. The number of piperidine rings is 3. The molecule has 3 heterocycles. The Bertz CT molecular complexity index is 271. The van der Waals surface area contributed by atoms with Crippen molar-refractivity contribution in [1.29, 1.82) is 0 Å². The summed E-state index contributed by atoms with van der Waals surface area (Å²) in [5.41, 5.74) is 0. The number of fused-ring (bicyclic) bond motifs is 3. The summed E-state index contributed by atoms with van der Waals surface area (Å²) in [4.78, 5) is 0. The highest BCUT2D eigenvalue weighted by Gasteiger charge is 2.44. The van der Waals surface area contributed by atoms with Crippen molar-refractivity contribution < 1.29 is 9.59 Å². The Morgan fingerprint density at radius 2 is 1.33 bits per heavy atom. The van der Waals surface area contributed by atoms with E-state index in [0.717, 1.165) is 6.54 Å². The first-order chi connectivity index (χ1) is 10.3. The predicted molar refractivity (Wildman–Crippen MR) is 90.3 cm³/mol. The van der Waals surface area contributed by atoms with Gasteiger partial charge in [0.1, 0.15) is 12.6 Å². The second-order valence-corrected chi connectivity index (χ2v) is 7.78. The SMILES string of the molecule is CCCCCCCCCCCC[N+]12CCC(CC1)C(O)C2. The highest BCUT2D eigenvalue weighted by atomic mass is 16.3. The first-order valence-corrected chi connectivity index (χ1v) is 9.79. The molecule has 2 nitrogen and oxygen atoms in total. The third-order valence-corrected chi connectivity index (χ3v) is 6.05. The number of aliphatic hydroxyl groups excluding tert-OH is 1. The summed E-state index contributed by atoms with van der Waals surface area (Å²) in [6.45, 7) is 7.37. The van der Waals surface area contributed by atoms with Gasteiger partial charge >= 0.3 is 0 Å². The maximum absolute atomic E-state index is 10.1. The minimum absolute atomic E-state index is 0.00983. The van der Waals surface area contributed by atoms with Gasteiger partial charge in [-0.3, -0.25) is 0 Å². The molecule has 1 atom stereocenters. The fourth-order valence-electron chi connectivity index (χ4n) is 4.50. The van der Waals surface area contributed by atoms with Crippen LogP contribution in [0.25, 0.3) is 0 Å². The normalized spacial score (nSPS) is 31.7. The Labute approximate surface area is 132 Å². The van der Waals surface area contributed by atoms with E-state index in [4.69, 9.17) is 0 Å². The number of rotatable bonds is 11. The van der Waals surface area contributed by atoms with Gasteiger partial charge in [-0.05, 0) is 12.8 Å². The maximum Gasteiger partial charge on any atom is 0.106 e. The number of hydrogen-bond donors (Lipinski definition) is 1. The average Bonchev–Trinajstić information content (AvgIpc) is 2.50. The van der Waals surface area contributed by atoms with Crippen LogP contribution in [-0.2, 0) is 0 Å². The third-order valence-electron chi connectivity index (χ3n) is 6.05. The summed E-state index contributed by atoms with van der Waals surface area (Å²) in [5.74, 6) is 0.637. The Kier molecular flexibility index (Phi) is 7.53. The molecule has 1 N–H and O–H groups in total. The molecule has 2 bridgehead atoms. The molecule has 3 aliphatic heterocycles. The number of unbranched alkanes of at least 4 members (excludes halogenated alkanes) is 9. The van der Waals surface area contributed by atoms with Crippen LogP contribution < -0.4 is 0 Å². The van der Waals surface area contributed by atoms with Gasteiger partial charge < -0.3 is 9.59 Å². The van der Waals surface area contributed by atoms with E-state index in [9.17, 15) is 5.11 Å². The molecule has 0 amide bonds. The Morgan fingerprint density at radius 1 is 0.810 bits per heavy atom. The lowest BCUT2D eigenvalue weighted by molar-refractivity contribution is -0.946. The van der Waals surface area contributed by atoms with Crippen LogP contribution in [0.1, 0.15) is 84.0 Å². The summed E-state index contributed by atoms with van der Waals surface area (Å²) < 4.78 is 1.24. The molecular weight excluding hydrogens is 258 g/mol.